The lowest BCUT2D eigenvalue weighted by molar-refractivity contribution is 0.0600. The average molecular weight is 341 g/mol. The Morgan fingerprint density at radius 3 is 2.52 bits per heavy atom. The van der Waals surface area contributed by atoms with Gasteiger partial charge >= 0.3 is 5.97 Å². The largest absolute Gasteiger partial charge is 0.495 e. The quantitative estimate of drug-likeness (QED) is 0.803. The number of nitrogens with one attached hydrogen (secondary N) is 1. The third kappa shape index (κ3) is 4.45. The molecule has 0 heterocycles. The number of carbonyl (C=O) groups is 1. The van der Waals surface area contributed by atoms with E-state index >= 15 is 0 Å². The summed E-state index contributed by atoms with van der Waals surface area (Å²) in [7, 11) is -1.10. The van der Waals surface area contributed by atoms with Gasteiger partial charge in [0.25, 0.3) is 0 Å². The van der Waals surface area contributed by atoms with Gasteiger partial charge in [-0.3, -0.25) is 0 Å². The molecule has 1 aliphatic carbocycles. The van der Waals surface area contributed by atoms with Crippen LogP contribution in [0.3, 0.4) is 0 Å². The maximum Gasteiger partial charge on any atom is 0.337 e. The lowest BCUT2D eigenvalue weighted by atomic mass is 9.90. The van der Waals surface area contributed by atoms with Gasteiger partial charge in [0.05, 0.1) is 19.8 Å². The van der Waals surface area contributed by atoms with Gasteiger partial charge in [-0.2, -0.15) is 0 Å². The molecule has 1 aliphatic rings. The molecule has 0 saturated heterocycles. The summed E-state index contributed by atoms with van der Waals surface area (Å²) in [5.41, 5.74) is 0.173. The van der Waals surface area contributed by atoms with Crippen molar-refractivity contribution < 1.29 is 22.7 Å². The lowest BCUT2D eigenvalue weighted by Crippen LogP contribution is -2.30. The van der Waals surface area contributed by atoms with Crippen LogP contribution in [0.15, 0.2) is 23.1 Å². The first-order valence-corrected chi connectivity index (χ1v) is 9.22. The van der Waals surface area contributed by atoms with Crippen molar-refractivity contribution in [2.75, 3.05) is 20.8 Å². The van der Waals surface area contributed by atoms with Crippen LogP contribution in [-0.4, -0.2) is 35.2 Å². The maximum atomic E-state index is 12.6. The first-order valence-electron chi connectivity index (χ1n) is 7.74. The van der Waals surface area contributed by atoms with Crippen molar-refractivity contribution in [1.82, 2.24) is 4.72 Å². The Bertz CT molecular complexity index is 650. The summed E-state index contributed by atoms with van der Waals surface area (Å²) in [6.45, 7) is 0.411. The van der Waals surface area contributed by atoms with Gasteiger partial charge < -0.3 is 9.47 Å². The molecule has 0 aliphatic heterocycles. The second kappa shape index (κ2) is 7.79. The van der Waals surface area contributed by atoms with E-state index in [1.54, 1.807) is 0 Å². The van der Waals surface area contributed by atoms with Crippen LogP contribution < -0.4 is 9.46 Å². The number of sulfonamides is 1. The molecule has 0 atom stereocenters. The first-order chi connectivity index (χ1) is 11.0. The Balaban J connectivity index is 2.20. The fraction of sp³-hybridized carbons (Fsp3) is 0.562. The number of rotatable bonds is 6. The summed E-state index contributed by atoms with van der Waals surface area (Å²) in [6.07, 6.45) is 5.60. The van der Waals surface area contributed by atoms with Gasteiger partial charge in [-0.15, -0.1) is 0 Å². The Kier molecular flexibility index (Phi) is 6.01. The van der Waals surface area contributed by atoms with Gasteiger partial charge in [0, 0.05) is 6.54 Å². The van der Waals surface area contributed by atoms with Crippen LogP contribution in [0.4, 0.5) is 0 Å². The van der Waals surface area contributed by atoms with Crippen LogP contribution in [0.5, 0.6) is 5.75 Å². The van der Waals surface area contributed by atoms with Gasteiger partial charge in [-0.05, 0) is 37.0 Å². The molecule has 0 amide bonds. The maximum absolute atomic E-state index is 12.6. The van der Waals surface area contributed by atoms with Gasteiger partial charge in [0.15, 0.2) is 0 Å². The number of hydrogen-bond acceptors (Lipinski definition) is 5. The monoisotopic (exact) mass is 341 g/mol. The Labute approximate surface area is 137 Å². The highest BCUT2D eigenvalue weighted by atomic mass is 32.2. The summed E-state index contributed by atoms with van der Waals surface area (Å²) in [5, 5.41) is 0. The molecule has 1 saturated carbocycles. The SMILES string of the molecule is COC(=O)c1ccc(OC)c(S(=O)(=O)NCC2CCCCC2)c1. The fourth-order valence-electron chi connectivity index (χ4n) is 2.83. The molecule has 0 bridgehead atoms. The average Bonchev–Trinajstić information content (AvgIpc) is 2.59. The van der Waals surface area contributed by atoms with E-state index in [1.165, 1.54) is 38.8 Å². The molecule has 1 aromatic carbocycles. The van der Waals surface area contributed by atoms with Crippen LogP contribution in [0.1, 0.15) is 42.5 Å². The molecule has 1 N–H and O–H groups in total. The normalized spacial score (nSPS) is 16.1. The fourth-order valence-corrected chi connectivity index (χ4v) is 4.14. The van der Waals surface area contributed by atoms with E-state index in [4.69, 9.17) is 4.74 Å². The molecule has 1 fully saturated rings. The van der Waals surface area contributed by atoms with E-state index in [0.29, 0.717) is 12.5 Å². The number of ether oxygens (including phenoxy) is 2. The number of esters is 1. The van der Waals surface area contributed by atoms with E-state index in [9.17, 15) is 13.2 Å². The highest BCUT2D eigenvalue weighted by Gasteiger charge is 2.23. The molecule has 0 aromatic heterocycles. The molecule has 0 spiro atoms. The van der Waals surface area contributed by atoms with E-state index in [0.717, 1.165) is 25.7 Å². The molecule has 0 radical (unpaired) electrons. The van der Waals surface area contributed by atoms with Crippen molar-refractivity contribution in [2.24, 2.45) is 5.92 Å². The Hall–Kier alpha value is -1.60. The number of carbonyl (C=O) groups excluding carboxylic acids is 1. The number of benzene rings is 1. The van der Waals surface area contributed by atoms with Crippen LogP contribution in [0.25, 0.3) is 0 Å². The van der Waals surface area contributed by atoms with Crippen molar-refractivity contribution in [1.29, 1.82) is 0 Å². The molecular formula is C16H23NO5S. The minimum absolute atomic E-state index is 0.0429. The Morgan fingerprint density at radius 1 is 1.22 bits per heavy atom. The zero-order valence-corrected chi connectivity index (χ0v) is 14.3. The minimum Gasteiger partial charge on any atom is -0.495 e. The van der Waals surface area contributed by atoms with Gasteiger partial charge in [-0.1, -0.05) is 19.3 Å². The van der Waals surface area contributed by atoms with Crippen molar-refractivity contribution in [3.63, 3.8) is 0 Å². The van der Waals surface area contributed by atoms with Crippen LogP contribution in [0, 0.1) is 5.92 Å². The third-order valence-electron chi connectivity index (χ3n) is 4.16. The first kappa shape index (κ1) is 17.7. The highest BCUT2D eigenvalue weighted by molar-refractivity contribution is 7.89. The summed E-state index contributed by atoms with van der Waals surface area (Å²) in [4.78, 5) is 11.6. The van der Waals surface area contributed by atoms with E-state index in [2.05, 4.69) is 9.46 Å². The molecule has 1 aromatic rings. The second-order valence-corrected chi connectivity index (χ2v) is 7.45. The minimum atomic E-state index is -3.75. The smallest absolute Gasteiger partial charge is 0.337 e. The van der Waals surface area contributed by atoms with Crippen molar-refractivity contribution in [3.05, 3.63) is 23.8 Å². The standard InChI is InChI=1S/C16H23NO5S/c1-21-14-9-8-13(16(18)22-2)10-15(14)23(19,20)17-11-12-6-4-3-5-7-12/h8-10,12,17H,3-7,11H2,1-2H3. The van der Waals surface area contributed by atoms with Crippen molar-refractivity contribution >= 4 is 16.0 Å². The molecule has 0 unspecified atom stereocenters. The number of hydrogen-bond donors (Lipinski definition) is 1. The summed E-state index contributed by atoms with van der Waals surface area (Å²) >= 11 is 0. The van der Waals surface area contributed by atoms with Gasteiger partial charge in [0.1, 0.15) is 10.6 Å². The molecule has 2 rings (SSSR count). The summed E-state index contributed by atoms with van der Waals surface area (Å²) in [6, 6.07) is 4.22. The van der Waals surface area contributed by atoms with E-state index in [1.807, 2.05) is 0 Å². The van der Waals surface area contributed by atoms with Crippen LogP contribution in [-0.2, 0) is 14.8 Å². The summed E-state index contributed by atoms with van der Waals surface area (Å²) in [5.74, 6) is -0.0153. The van der Waals surface area contributed by atoms with Crippen molar-refractivity contribution in [2.45, 2.75) is 37.0 Å². The predicted molar refractivity (Wildman–Crippen MR) is 86.1 cm³/mol. The summed E-state index contributed by atoms with van der Waals surface area (Å²) < 4.78 is 37.6. The van der Waals surface area contributed by atoms with Crippen molar-refractivity contribution in [3.8, 4) is 5.75 Å². The molecule has 7 heteroatoms. The molecule has 23 heavy (non-hydrogen) atoms. The topological polar surface area (TPSA) is 81.7 Å². The van der Waals surface area contributed by atoms with E-state index in [-0.39, 0.29) is 16.2 Å². The van der Waals surface area contributed by atoms with Gasteiger partial charge in [0.2, 0.25) is 10.0 Å². The second-order valence-electron chi connectivity index (χ2n) is 5.71. The van der Waals surface area contributed by atoms with Gasteiger partial charge in [-0.25, -0.2) is 17.9 Å². The lowest BCUT2D eigenvalue weighted by Gasteiger charge is -2.22. The predicted octanol–water partition coefficient (Wildman–Crippen LogP) is 2.34. The highest BCUT2D eigenvalue weighted by Crippen LogP contribution is 2.27. The molecule has 128 valence electrons. The number of methoxy groups -OCH3 is 2. The van der Waals surface area contributed by atoms with E-state index < -0.39 is 16.0 Å². The molecule has 6 nitrogen and oxygen atoms in total. The third-order valence-corrected chi connectivity index (χ3v) is 5.61. The zero-order valence-electron chi connectivity index (χ0n) is 13.5. The van der Waals surface area contributed by atoms with Crippen LogP contribution in [0.2, 0.25) is 0 Å². The Morgan fingerprint density at radius 2 is 1.91 bits per heavy atom. The van der Waals surface area contributed by atoms with Crippen LogP contribution >= 0.6 is 0 Å². The zero-order chi connectivity index (χ0) is 16.9. The molecular weight excluding hydrogens is 318 g/mol.